The minimum atomic E-state index is 1.03. The number of hydrogen-bond acceptors (Lipinski definition) is 0. The van der Waals surface area contributed by atoms with Crippen LogP contribution < -0.4 is 0 Å². The van der Waals surface area contributed by atoms with E-state index in [9.17, 15) is 0 Å². The molecule has 0 aliphatic heterocycles. The first-order valence-corrected chi connectivity index (χ1v) is 4.27. The van der Waals surface area contributed by atoms with Crippen molar-refractivity contribution in [3.63, 3.8) is 0 Å². The van der Waals surface area contributed by atoms with Crippen LogP contribution in [0.15, 0.2) is 0 Å². The standard InChI is InChI=1S/C9H16/c1-6-3-7(2)9-5-8(9)4-6/h6-9H,3-5H2,1-2H3/t6-,7+,8+,9+/m0/s1. The smallest absolute Gasteiger partial charge is 0.0357 e. The van der Waals surface area contributed by atoms with E-state index in [1.54, 1.807) is 6.42 Å². The summed E-state index contributed by atoms with van der Waals surface area (Å²) < 4.78 is 0. The topological polar surface area (TPSA) is 0 Å². The normalized spacial score (nSPS) is 56.7. The maximum absolute atomic E-state index is 2.43. The van der Waals surface area contributed by atoms with Gasteiger partial charge in [-0.05, 0) is 42.9 Å². The summed E-state index contributed by atoms with van der Waals surface area (Å²) in [6.45, 7) is 4.84. The Hall–Kier alpha value is 0. The van der Waals surface area contributed by atoms with Gasteiger partial charge in [0.25, 0.3) is 0 Å². The van der Waals surface area contributed by atoms with Crippen molar-refractivity contribution in [2.24, 2.45) is 23.7 Å². The molecule has 0 aromatic rings. The van der Waals surface area contributed by atoms with E-state index in [4.69, 9.17) is 0 Å². The molecule has 9 heavy (non-hydrogen) atoms. The summed E-state index contributed by atoms with van der Waals surface area (Å²) in [5.41, 5.74) is 0. The quantitative estimate of drug-likeness (QED) is 0.465. The first-order chi connectivity index (χ1) is 4.27. The fourth-order valence-corrected chi connectivity index (χ4v) is 2.66. The van der Waals surface area contributed by atoms with Crippen molar-refractivity contribution < 1.29 is 0 Å². The molecule has 2 fully saturated rings. The van der Waals surface area contributed by atoms with E-state index in [1.807, 2.05) is 0 Å². The van der Waals surface area contributed by atoms with Crippen LogP contribution in [0.4, 0.5) is 0 Å². The summed E-state index contributed by atoms with van der Waals surface area (Å²) in [6.07, 6.45) is 4.60. The van der Waals surface area contributed by atoms with Gasteiger partial charge in [-0.1, -0.05) is 13.8 Å². The molecule has 0 aromatic carbocycles. The zero-order chi connectivity index (χ0) is 6.43. The Bertz CT molecular complexity index is 117. The van der Waals surface area contributed by atoms with Gasteiger partial charge in [-0.2, -0.15) is 0 Å². The molecule has 0 bridgehead atoms. The van der Waals surface area contributed by atoms with Gasteiger partial charge in [0.15, 0.2) is 0 Å². The van der Waals surface area contributed by atoms with E-state index >= 15 is 0 Å². The van der Waals surface area contributed by atoms with Gasteiger partial charge in [-0.3, -0.25) is 0 Å². The fourth-order valence-electron chi connectivity index (χ4n) is 2.66. The van der Waals surface area contributed by atoms with E-state index in [0.717, 1.165) is 23.7 Å². The van der Waals surface area contributed by atoms with Crippen molar-refractivity contribution in [2.75, 3.05) is 0 Å². The van der Waals surface area contributed by atoms with Crippen molar-refractivity contribution in [1.29, 1.82) is 0 Å². The average molecular weight is 124 g/mol. The fraction of sp³-hybridized carbons (Fsp3) is 1.00. The van der Waals surface area contributed by atoms with Gasteiger partial charge in [0.05, 0.1) is 0 Å². The second-order valence-electron chi connectivity index (χ2n) is 4.21. The monoisotopic (exact) mass is 124 g/mol. The maximum atomic E-state index is 2.43. The Morgan fingerprint density at radius 3 is 2.44 bits per heavy atom. The van der Waals surface area contributed by atoms with E-state index < -0.39 is 0 Å². The summed E-state index contributed by atoms with van der Waals surface area (Å²) in [5, 5.41) is 0. The molecule has 0 radical (unpaired) electrons. The van der Waals surface area contributed by atoms with Crippen LogP contribution in [0.1, 0.15) is 33.1 Å². The molecule has 0 aromatic heterocycles. The molecular weight excluding hydrogens is 108 g/mol. The van der Waals surface area contributed by atoms with Crippen LogP contribution in [0.5, 0.6) is 0 Å². The highest BCUT2D eigenvalue weighted by Gasteiger charge is 2.44. The molecule has 0 heterocycles. The lowest BCUT2D eigenvalue weighted by Crippen LogP contribution is -2.12. The molecule has 2 rings (SSSR count). The lowest BCUT2D eigenvalue weighted by molar-refractivity contribution is 0.284. The summed E-state index contributed by atoms with van der Waals surface area (Å²) in [5.74, 6) is 4.40. The van der Waals surface area contributed by atoms with Crippen LogP contribution in [-0.4, -0.2) is 0 Å². The van der Waals surface area contributed by atoms with Gasteiger partial charge >= 0.3 is 0 Å². The molecule has 0 N–H and O–H groups in total. The minimum absolute atomic E-state index is 1.03. The summed E-state index contributed by atoms with van der Waals surface area (Å²) in [6, 6.07) is 0. The predicted octanol–water partition coefficient (Wildman–Crippen LogP) is 2.69. The highest BCUT2D eigenvalue weighted by molar-refractivity contribution is 4.94. The average Bonchev–Trinajstić information content (AvgIpc) is 2.43. The van der Waals surface area contributed by atoms with Crippen LogP contribution >= 0.6 is 0 Å². The van der Waals surface area contributed by atoms with Gasteiger partial charge < -0.3 is 0 Å². The molecule has 0 unspecified atom stereocenters. The van der Waals surface area contributed by atoms with Crippen LogP contribution in [-0.2, 0) is 0 Å². The summed E-state index contributed by atoms with van der Waals surface area (Å²) in [4.78, 5) is 0. The first-order valence-electron chi connectivity index (χ1n) is 4.27. The molecule has 52 valence electrons. The molecule has 0 nitrogen and oxygen atoms in total. The van der Waals surface area contributed by atoms with Crippen LogP contribution in [0.3, 0.4) is 0 Å². The van der Waals surface area contributed by atoms with Gasteiger partial charge in [-0.15, -0.1) is 0 Å². The predicted molar refractivity (Wildman–Crippen MR) is 39.2 cm³/mol. The van der Waals surface area contributed by atoms with Gasteiger partial charge in [-0.25, -0.2) is 0 Å². The minimum Gasteiger partial charge on any atom is -0.0625 e. The zero-order valence-electron chi connectivity index (χ0n) is 6.43. The van der Waals surface area contributed by atoms with E-state index in [1.165, 1.54) is 12.8 Å². The number of hydrogen-bond donors (Lipinski definition) is 0. The van der Waals surface area contributed by atoms with Crippen LogP contribution in [0.25, 0.3) is 0 Å². The Kier molecular flexibility index (Phi) is 1.12. The highest BCUT2D eigenvalue weighted by Crippen LogP contribution is 2.54. The molecule has 0 amide bonds. The van der Waals surface area contributed by atoms with Gasteiger partial charge in [0, 0.05) is 0 Å². The summed E-state index contributed by atoms with van der Waals surface area (Å²) >= 11 is 0. The van der Waals surface area contributed by atoms with Gasteiger partial charge in [0.2, 0.25) is 0 Å². The third kappa shape index (κ3) is 0.889. The Labute approximate surface area is 57.6 Å². The van der Waals surface area contributed by atoms with Crippen molar-refractivity contribution >= 4 is 0 Å². The van der Waals surface area contributed by atoms with E-state index in [2.05, 4.69) is 13.8 Å². The van der Waals surface area contributed by atoms with Crippen LogP contribution in [0.2, 0.25) is 0 Å². The Morgan fingerprint density at radius 1 is 1.00 bits per heavy atom. The molecule has 0 spiro atoms. The molecule has 0 saturated heterocycles. The lowest BCUT2D eigenvalue weighted by atomic mass is 9.84. The largest absolute Gasteiger partial charge is 0.0625 e. The number of rotatable bonds is 0. The van der Waals surface area contributed by atoms with Crippen molar-refractivity contribution in [2.45, 2.75) is 33.1 Å². The molecule has 2 saturated carbocycles. The van der Waals surface area contributed by atoms with Crippen molar-refractivity contribution in [3.8, 4) is 0 Å². The van der Waals surface area contributed by atoms with Crippen molar-refractivity contribution in [3.05, 3.63) is 0 Å². The second kappa shape index (κ2) is 1.74. The maximum Gasteiger partial charge on any atom is -0.0357 e. The number of fused-ring (bicyclic) bond motifs is 1. The van der Waals surface area contributed by atoms with Gasteiger partial charge in [0.1, 0.15) is 0 Å². The Balaban J connectivity index is 1.99. The Morgan fingerprint density at radius 2 is 1.78 bits per heavy atom. The third-order valence-electron chi connectivity index (χ3n) is 3.19. The molecule has 2 aliphatic rings. The SMILES string of the molecule is C[C@@H]1C[C@@H]2C[C@@H]2[C@H](C)C1. The highest BCUT2D eigenvalue weighted by atomic mass is 14.5. The van der Waals surface area contributed by atoms with E-state index in [0.29, 0.717) is 0 Å². The van der Waals surface area contributed by atoms with Crippen LogP contribution in [0, 0.1) is 23.7 Å². The third-order valence-corrected chi connectivity index (χ3v) is 3.19. The molecular formula is C9H16. The summed E-state index contributed by atoms with van der Waals surface area (Å²) in [7, 11) is 0. The lowest BCUT2D eigenvalue weighted by Gasteiger charge is -2.22. The van der Waals surface area contributed by atoms with Crippen molar-refractivity contribution in [1.82, 2.24) is 0 Å². The first kappa shape index (κ1) is 5.76. The van der Waals surface area contributed by atoms with E-state index in [-0.39, 0.29) is 0 Å². The molecule has 2 aliphatic carbocycles. The molecule has 4 atom stereocenters. The zero-order valence-corrected chi connectivity index (χ0v) is 6.43. The molecule has 0 heteroatoms. The second-order valence-corrected chi connectivity index (χ2v) is 4.21.